The molecule has 0 radical (unpaired) electrons. The highest BCUT2D eigenvalue weighted by molar-refractivity contribution is 7.04. The lowest BCUT2D eigenvalue weighted by atomic mass is 10.1. The van der Waals surface area contributed by atoms with E-state index in [-0.39, 0.29) is 0 Å². The predicted molar refractivity (Wildman–Crippen MR) is 59.3 cm³/mol. The fraction of sp³-hybridized carbons (Fsp3) is 0.200. The molecule has 1 aromatic carbocycles. The van der Waals surface area contributed by atoms with Crippen LogP contribution in [0.4, 0.5) is 0 Å². The van der Waals surface area contributed by atoms with E-state index in [0.717, 1.165) is 11.6 Å². The SMILES string of the molecule is C=C([SiH2]Cl)c1ccccc1CC. The van der Waals surface area contributed by atoms with E-state index in [9.17, 15) is 0 Å². The van der Waals surface area contributed by atoms with Gasteiger partial charge in [-0.05, 0) is 22.7 Å². The molecule has 64 valence electrons. The third-order valence-corrected chi connectivity index (χ3v) is 3.61. The number of halogens is 1. The van der Waals surface area contributed by atoms with Gasteiger partial charge in [0.2, 0.25) is 0 Å². The molecule has 0 saturated heterocycles. The highest BCUT2D eigenvalue weighted by atomic mass is 35.6. The van der Waals surface area contributed by atoms with Gasteiger partial charge in [0.15, 0.2) is 8.83 Å². The van der Waals surface area contributed by atoms with Gasteiger partial charge >= 0.3 is 0 Å². The van der Waals surface area contributed by atoms with Gasteiger partial charge in [-0.25, -0.2) is 0 Å². The lowest BCUT2D eigenvalue weighted by Crippen LogP contribution is -1.93. The molecular formula is C10H13ClSi. The van der Waals surface area contributed by atoms with Crippen LogP contribution in [-0.2, 0) is 6.42 Å². The highest BCUT2D eigenvalue weighted by Gasteiger charge is 2.01. The van der Waals surface area contributed by atoms with Crippen LogP contribution in [0.5, 0.6) is 0 Å². The third-order valence-electron chi connectivity index (χ3n) is 1.94. The van der Waals surface area contributed by atoms with Crippen LogP contribution < -0.4 is 0 Å². The van der Waals surface area contributed by atoms with Gasteiger partial charge in [0.05, 0.1) is 0 Å². The monoisotopic (exact) mass is 196 g/mol. The van der Waals surface area contributed by atoms with E-state index in [0.29, 0.717) is 0 Å². The number of hydrogen-bond acceptors (Lipinski definition) is 0. The highest BCUT2D eigenvalue weighted by Crippen LogP contribution is 2.17. The van der Waals surface area contributed by atoms with Crippen LogP contribution in [0.25, 0.3) is 5.20 Å². The fourth-order valence-electron chi connectivity index (χ4n) is 1.25. The van der Waals surface area contributed by atoms with Gasteiger partial charge in [0, 0.05) is 0 Å². The van der Waals surface area contributed by atoms with Gasteiger partial charge in [-0.2, -0.15) is 11.1 Å². The zero-order valence-electron chi connectivity index (χ0n) is 7.31. The van der Waals surface area contributed by atoms with Gasteiger partial charge < -0.3 is 0 Å². The summed E-state index contributed by atoms with van der Waals surface area (Å²) in [6.07, 6.45) is 1.06. The average Bonchev–Trinajstić information content (AvgIpc) is 2.16. The molecule has 0 saturated carbocycles. The van der Waals surface area contributed by atoms with Crippen molar-refractivity contribution in [2.75, 3.05) is 0 Å². The zero-order valence-corrected chi connectivity index (χ0v) is 9.48. The van der Waals surface area contributed by atoms with Crippen LogP contribution in [0.3, 0.4) is 0 Å². The minimum absolute atomic E-state index is 0.613. The first-order valence-electron chi connectivity index (χ1n) is 4.11. The van der Waals surface area contributed by atoms with E-state index in [1.807, 2.05) is 6.07 Å². The lowest BCUT2D eigenvalue weighted by molar-refractivity contribution is 1.13. The van der Waals surface area contributed by atoms with Crippen LogP contribution in [0.15, 0.2) is 30.8 Å². The first-order valence-corrected chi connectivity index (χ1v) is 6.96. The molecule has 0 bridgehead atoms. The standard InChI is InChI=1S/C10H13ClSi/c1-3-9-6-4-5-7-10(9)8(2)12-11/h4-7H,2-3,12H2,1H3. The first-order chi connectivity index (χ1) is 5.79. The fourth-order valence-corrected chi connectivity index (χ4v) is 2.17. The van der Waals surface area contributed by atoms with Gasteiger partial charge in [-0.15, -0.1) is 0 Å². The summed E-state index contributed by atoms with van der Waals surface area (Å²) in [7, 11) is -0.613. The molecule has 0 heterocycles. The minimum Gasteiger partial charge on any atom is -0.170 e. The second-order valence-corrected chi connectivity index (χ2v) is 4.67. The Bertz CT molecular complexity index is 281. The molecule has 12 heavy (non-hydrogen) atoms. The van der Waals surface area contributed by atoms with Crippen molar-refractivity contribution in [2.45, 2.75) is 13.3 Å². The van der Waals surface area contributed by atoms with Crippen molar-refractivity contribution in [3.63, 3.8) is 0 Å². The second kappa shape index (κ2) is 4.48. The number of rotatable bonds is 3. The van der Waals surface area contributed by atoms with Crippen LogP contribution in [-0.4, -0.2) is 8.83 Å². The Morgan fingerprint density at radius 1 is 1.50 bits per heavy atom. The largest absolute Gasteiger partial charge is 0.170 e. The number of benzene rings is 1. The Balaban J connectivity index is 3.04. The molecule has 0 spiro atoms. The van der Waals surface area contributed by atoms with Crippen molar-refractivity contribution in [3.8, 4) is 0 Å². The normalized spacial score (nSPS) is 10.8. The molecule has 0 unspecified atom stereocenters. The molecule has 0 N–H and O–H groups in total. The maximum Gasteiger partial charge on any atom is 0.155 e. The summed E-state index contributed by atoms with van der Waals surface area (Å²) in [5, 5.41) is 1.15. The van der Waals surface area contributed by atoms with E-state index < -0.39 is 8.83 Å². The van der Waals surface area contributed by atoms with Crippen LogP contribution in [0.1, 0.15) is 18.1 Å². The Kier molecular flexibility index (Phi) is 3.57. The Morgan fingerprint density at radius 3 is 2.75 bits per heavy atom. The van der Waals surface area contributed by atoms with Crippen molar-refractivity contribution < 1.29 is 0 Å². The van der Waals surface area contributed by atoms with Crippen LogP contribution in [0.2, 0.25) is 0 Å². The van der Waals surface area contributed by atoms with Crippen LogP contribution in [0, 0.1) is 0 Å². The molecule has 1 aromatic rings. The van der Waals surface area contributed by atoms with Gasteiger partial charge in [0.25, 0.3) is 0 Å². The van der Waals surface area contributed by atoms with Gasteiger partial charge in [0.1, 0.15) is 0 Å². The minimum atomic E-state index is -0.613. The Hall–Kier alpha value is -0.533. The molecule has 0 aliphatic carbocycles. The average molecular weight is 197 g/mol. The maximum atomic E-state index is 5.85. The van der Waals surface area contributed by atoms with Crippen molar-refractivity contribution in [1.29, 1.82) is 0 Å². The molecule has 0 amide bonds. The summed E-state index contributed by atoms with van der Waals surface area (Å²) < 4.78 is 0. The van der Waals surface area contributed by atoms with Crippen molar-refractivity contribution >= 4 is 25.1 Å². The summed E-state index contributed by atoms with van der Waals surface area (Å²) >= 11 is 5.85. The number of aryl methyl sites for hydroxylation is 1. The summed E-state index contributed by atoms with van der Waals surface area (Å²) in [4.78, 5) is 0. The summed E-state index contributed by atoms with van der Waals surface area (Å²) in [6.45, 7) is 6.14. The summed E-state index contributed by atoms with van der Waals surface area (Å²) in [5.41, 5.74) is 2.62. The van der Waals surface area contributed by atoms with E-state index in [2.05, 4.69) is 31.7 Å². The third kappa shape index (κ3) is 1.99. The molecule has 2 heteroatoms. The molecule has 0 aliphatic heterocycles. The van der Waals surface area contributed by atoms with Crippen molar-refractivity contribution in [2.24, 2.45) is 0 Å². The van der Waals surface area contributed by atoms with Crippen molar-refractivity contribution in [1.82, 2.24) is 0 Å². The quantitative estimate of drug-likeness (QED) is 0.515. The van der Waals surface area contributed by atoms with E-state index >= 15 is 0 Å². The van der Waals surface area contributed by atoms with E-state index in [4.69, 9.17) is 11.1 Å². The molecule has 0 fully saturated rings. The predicted octanol–water partition coefficient (Wildman–Crippen LogP) is 2.54. The number of hydrogen-bond donors (Lipinski definition) is 0. The molecule has 1 rings (SSSR count). The second-order valence-electron chi connectivity index (χ2n) is 2.75. The summed E-state index contributed by atoms with van der Waals surface area (Å²) in [5.74, 6) is 0. The van der Waals surface area contributed by atoms with E-state index in [1.54, 1.807) is 0 Å². The summed E-state index contributed by atoms with van der Waals surface area (Å²) in [6, 6.07) is 8.35. The molecule has 0 aromatic heterocycles. The maximum absolute atomic E-state index is 5.85. The van der Waals surface area contributed by atoms with Crippen LogP contribution >= 0.6 is 11.1 Å². The molecule has 0 aliphatic rings. The van der Waals surface area contributed by atoms with E-state index in [1.165, 1.54) is 11.1 Å². The Morgan fingerprint density at radius 2 is 2.17 bits per heavy atom. The van der Waals surface area contributed by atoms with Gasteiger partial charge in [-0.1, -0.05) is 37.8 Å². The first kappa shape index (κ1) is 9.55. The van der Waals surface area contributed by atoms with Crippen molar-refractivity contribution in [3.05, 3.63) is 42.0 Å². The molecular weight excluding hydrogens is 184 g/mol. The van der Waals surface area contributed by atoms with Gasteiger partial charge in [-0.3, -0.25) is 0 Å². The zero-order chi connectivity index (χ0) is 8.97. The lowest BCUT2D eigenvalue weighted by Gasteiger charge is -2.06. The molecule has 0 atom stereocenters. The Labute approximate surface area is 80.8 Å². The molecule has 0 nitrogen and oxygen atoms in total. The topological polar surface area (TPSA) is 0 Å². The smallest absolute Gasteiger partial charge is 0.155 e.